The normalized spacial score (nSPS) is 13.3. The van der Waals surface area contributed by atoms with E-state index < -0.39 is 16.1 Å². The van der Waals surface area contributed by atoms with Crippen LogP contribution in [0.1, 0.15) is 24.4 Å². The molecule has 0 saturated heterocycles. The van der Waals surface area contributed by atoms with Crippen molar-refractivity contribution < 1.29 is 8.42 Å². The standard InChI is InChI=1S/C11H15ClN6O2S/c1-7(11-14-17-18-15-11)16-21(19,20)9-3-4-10(12)8(5-9)6-13-2/h3-5,7,13,16H,6H2,1-2H3,(H,14,15,17,18). The van der Waals surface area contributed by atoms with Crippen LogP contribution in [0.25, 0.3) is 0 Å². The molecule has 2 aromatic rings. The van der Waals surface area contributed by atoms with Crippen molar-refractivity contribution in [1.29, 1.82) is 0 Å². The van der Waals surface area contributed by atoms with Crippen LogP contribution in [0.3, 0.4) is 0 Å². The van der Waals surface area contributed by atoms with Gasteiger partial charge in [0.25, 0.3) is 0 Å². The van der Waals surface area contributed by atoms with Gasteiger partial charge in [-0.2, -0.15) is 5.21 Å². The van der Waals surface area contributed by atoms with Crippen LogP contribution < -0.4 is 10.0 Å². The molecule has 0 aliphatic heterocycles. The molecule has 10 heteroatoms. The molecule has 114 valence electrons. The first kappa shape index (κ1) is 15.8. The molecular formula is C11H15ClN6O2S. The Morgan fingerprint density at radius 2 is 2.19 bits per heavy atom. The number of benzene rings is 1. The van der Waals surface area contributed by atoms with E-state index in [-0.39, 0.29) is 10.7 Å². The van der Waals surface area contributed by atoms with E-state index in [1.807, 2.05) is 0 Å². The van der Waals surface area contributed by atoms with Gasteiger partial charge in [0.15, 0.2) is 5.82 Å². The summed E-state index contributed by atoms with van der Waals surface area (Å²) in [6.07, 6.45) is 0. The van der Waals surface area contributed by atoms with E-state index in [2.05, 4.69) is 30.7 Å². The molecule has 3 N–H and O–H groups in total. The lowest BCUT2D eigenvalue weighted by Gasteiger charge is -2.12. The lowest BCUT2D eigenvalue weighted by Crippen LogP contribution is -2.27. The molecule has 0 spiro atoms. The molecule has 0 aliphatic rings. The molecule has 1 unspecified atom stereocenters. The fourth-order valence-corrected chi connectivity index (χ4v) is 3.19. The van der Waals surface area contributed by atoms with Gasteiger partial charge in [-0.05, 0) is 37.7 Å². The molecule has 1 atom stereocenters. The third kappa shape index (κ3) is 3.76. The summed E-state index contributed by atoms with van der Waals surface area (Å²) in [5.74, 6) is 0.267. The zero-order chi connectivity index (χ0) is 15.5. The Balaban J connectivity index is 2.25. The number of aromatic nitrogens is 4. The molecule has 2 rings (SSSR count). The van der Waals surface area contributed by atoms with Gasteiger partial charge in [-0.25, -0.2) is 13.1 Å². The predicted molar refractivity (Wildman–Crippen MR) is 77.1 cm³/mol. The second kappa shape index (κ2) is 6.48. The van der Waals surface area contributed by atoms with Crippen LogP contribution in [0, 0.1) is 0 Å². The molecule has 1 heterocycles. The van der Waals surface area contributed by atoms with E-state index in [4.69, 9.17) is 11.6 Å². The Morgan fingerprint density at radius 3 is 2.81 bits per heavy atom. The lowest BCUT2D eigenvalue weighted by atomic mass is 10.2. The van der Waals surface area contributed by atoms with Crippen molar-refractivity contribution >= 4 is 21.6 Å². The van der Waals surface area contributed by atoms with Gasteiger partial charge >= 0.3 is 0 Å². The zero-order valence-corrected chi connectivity index (χ0v) is 13.0. The predicted octanol–water partition coefficient (Wildman–Crippen LogP) is 0.612. The molecule has 0 saturated carbocycles. The van der Waals surface area contributed by atoms with Crippen molar-refractivity contribution in [1.82, 2.24) is 30.7 Å². The van der Waals surface area contributed by atoms with Crippen LogP contribution in [0.4, 0.5) is 0 Å². The molecule has 0 bridgehead atoms. The molecule has 21 heavy (non-hydrogen) atoms. The van der Waals surface area contributed by atoms with Gasteiger partial charge in [-0.3, -0.25) is 0 Å². The Labute approximate surface area is 127 Å². The average Bonchev–Trinajstić information content (AvgIpc) is 2.95. The van der Waals surface area contributed by atoms with Crippen LogP contribution >= 0.6 is 11.6 Å². The van der Waals surface area contributed by atoms with Crippen molar-refractivity contribution in [2.75, 3.05) is 7.05 Å². The summed E-state index contributed by atoms with van der Waals surface area (Å²) in [6, 6.07) is 3.94. The summed E-state index contributed by atoms with van der Waals surface area (Å²) in [5.41, 5.74) is 0.703. The Kier molecular flexibility index (Phi) is 4.88. The average molecular weight is 331 g/mol. The Morgan fingerprint density at radius 1 is 1.43 bits per heavy atom. The van der Waals surface area contributed by atoms with E-state index >= 15 is 0 Å². The van der Waals surface area contributed by atoms with Gasteiger partial charge < -0.3 is 5.32 Å². The topological polar surface area (TPSA) is 113 Å². The Hall–Kier alpha value is -1.55. The Bertz CT molecular complexity index is 704. The smallest absolute Gasteiger partial charge is 0.241 e. The number of nitrogens with zero attached hydrogens (tertiary/aromatic N) is 3. The summed E-state index contributed by atoms with van der Waals surface area (Å²) in [7, 11) is -1.94. The van der Waals surface area contributed by atoms with E-state index in [1.54, 1.807) is 20.0 Å². The van der Waals surface area contributed by atoms with E-state index in [0.29, 0.717) is 17.1 Å². The molecule has 1 aromatic carbocycles. The maximum Gasteiger partial charge on any atom is 0.241 e. The number of tetrazole rings is 1. The van der Waals surface area contributed by atoms with Gasteiger partial charge in [0, 0.05) is 11.6 Å². The fourth-order valence-electron chi connectivity index (χ4n) is 1.75. The molecule has 0 amide bonds. The van der Waals surface area contributed by atoms with Crippen LogP contribution in [0.5, 0.6) is 0 Å². The second-order valence-electron chi connectivity index (χ2n) is 4.40. The van der Waals surface area contributed by atoms with Gasteiger partial charge in [0.05, 0.1) is 10.9 Å². The number of sulfonamides is 1. The van der Waals surface area contributed by atoms with Crippen molar-refractivity contribution in [3.63, 3.8) is 0 Å². The highest BCUT2D eigenvalue weighted by molar-refractivity contribution is 7.89. The summed E-state index contributed by atoms with van der Waals surface area (Å²) >= 11 is 6.02. The second-order valence-corrected chi connectivity index (χ2v) is 6.52. The number of nitrogens with one attached hydrogen (secondary N) is 3. The van der Waals surface area contributed by atoms with Crippen LogP contribution in [0.2, 0.25) is 5.02 Å². The van der Waals surface area contributed by atoms with Gasteiger partial charge in [0.1, 0.15) is 0 Å². The van der Waals surface area contributed by atoms with Gasteiger partial charge in [0.2, 0.25) is 10.0 Å². The molecule has 0 aliphatic carbocycles. The van der Waals surface area contributed by atoms with Crippen molar-refractivity contribution in [2.24, 2.45) is 0 Å². The third-order valence-electron chi connectivity index (χ3n) is 2.78. The SMILES string of the molecule is CNCc1cc(S(=O)(=O)NC(C)c2nn[nH]n2)ccc1Cl. The van der Waals surface area contributed by atoms with Crippen LogP contribution in [-0.4, -0.2) is 36.1 Å². The minimum absolute atomic E-state index is 0.132. The highest BCUT2D eigenvalue weighted by atomic mass is 35.5. The monoisotopic (exact) mass is 330 g/mol. The maximum absolute atomic E-state index is 12.3. The number of aromatic amines is 1. The third-order valence-corrected chi connectivity index (χ3v) is 4.68. The summed E-state index contributed by atoms with van der Waals surface area (Å²) in [4.78, 5) is 0.132. The molecule has 0 radical (unpaired) electrons. The van der Waals surface area contributed by atoms with E-state index in [1.165, 1.54) is 12.1 Å². The fraction of sp³-hybridized carbons (Fsp3) is 0.364. The maximum atomic E-state index is 12.3. The first-order chi connectivity index (χ1) is 9.94. The summed E-state index contributed by atoms with van der Waals surface area (Å²) in [6.45, 7) is 2.11. The van der Waals surface area contributed by atoms with Gasteiger partial charge in [-0.1, -0.05) is 16.8 Å². The van der Waals surface area contributed by atoms with Crippen molar-refractivity contribution in [3.8, 4) is 0 Å². The lowest BCUT2D eigenvalue weighted by molar-refractivity contribution is 0.559. The highest BCUT2D eigenvalue weighted by Gasteiger charge is 2.21. The number of rotatable bonds is 6. The number of hydrogen-bond acceptors (Lipinski definition) is 6. The largest absolute Gasteiger partial charge is 0.316 e. The van der Waals surface area contributed by atoms with Crippen molar-refractivity contribution in [2.45, 2.75) is 24.4 Å². The number of H-pyrrole nitrogens is 1. The number of hydrogen-bond donors (Lipinski definition) is 3. The minimum atomic E-state index is -3.70. The highest BCUT2D eigenvalue weighted by Crippen LogP contribution is 2.21. The van der Waals surface area contributed by atoms with Crippen LogP contribution in [0.15, 0.2) is 23.1 Å². The quantitative estimate of drug-likeness (QED) is 0.715. The molecule has 8 nitrogen and oxygen atoms in total. The van der Waals surface area contributed by atoms with Crippen LogP contribution in [-0.2, 0) is 16.6 Å². The summed E-state index contributed by atoms with van der Waals surface area (Å²) in [5, 5.41) is 16.6. The first-order valence-corrected chi connectivity index (χ1v) is 7.99. The number of halogens is 1. The van der Waals surface area contributed by atoms with Crippen molar-refractivity contribution in [3.05, 3.63) is 34.6 Å². The van der Waals surface area contributed by atoms with E-state index in [9.17, 15) is 8.42 Å². The zero-order valence-electron chi connectivity index (χ0n) is 11.5. The summed E-state index contributed by atoms with van der Waals surface area (Å²) < 4.78 is 27.2. The van der Waals surface area contributed by atoms with E-state index in [0.717, 1.165) is 0 Å². The molecule has 1 aromatic heterocycles. The first-order valence-electron chi connectivity index (χ1n) is 6.12. The molecule has 0 fully saturated rings. The van der Waals surface area contributed by atoms with Gasteiger partial charge in [-0.15, -0.1) is 10.2 Å². The molecular weight excluding hydrogens is 316 g/mol. The minimum Gasteiger partial charge on any atom is -0.316 e.